The maximum absolute atomic E-state index is 12.4. The number of carbonyl (C=O) groups excluding carboxylic acids is 1. The van der Waals surface area contributed by atoms with Gasteiger partial charge in [0.05, 0.1) is 19.4 Å². The fourth-order valence-corrected chi connectivity index (χ4v) is 14.4. The molecule has 4 aliphatic rings. The molecule has 4 fully saturated rings. The van der Waals surface area contributed by atoms with Crippen LogP contribution in [-0.2, 0) is 0 Å². The number of aromatic carboxylic acids is 1. The number of aromatic amines is 2. The van der Waals surface area contributed by atoms with Crippen LogP contribution in [0.25, 0.3) is 20.7 Å². The fourth-order valence-electron chi connectivity index (χ4n) is 6.22. The summed E-state index contributed by atoms with van der Waals surface area (Å²) in [5.41, 5.74) is 8.23. The second kappa shape index (κ2) is 11.9. The van der Waals surface area contributed by atoms with Crippen molar-refractivity contribution in [3.63, 3.8) is 0 Å². The highest BCUT2D eigenvalue weighted by molar-refractivity contribution is 7.19. The number of hydrogen-bond acceptors (Lipinski definition) is 7. The molecule has 2 unspecified atom stereocenters. The van der Waals surface area contributed by atoms with Gasteiger partial charge in [-0.15, -0.1) is 22.7 Å². The van der Waals surface area contributed by atoms with E-state index in [-0.39, 0.29) is 11.6 Å². The van der Waals surface area contributed by atoms with E-state index in [0.717, 1.165) is 26.5 Å². The number of carboxylic acid groups (broad SMARTS) is 1. The van der Waals surface area contributed by atoms with Crippen LogP contribution in [0.4, 0.5) is 0 Å². The van der Waals surface area contributed by atoms with Crippen molar-refractivity contribution in [1.29, 1.82) is 0 Å². The van der Waals surface area contributed by atoms with Gasteiger partial charge in [0.15, 0.2) is 0 Å². The van der Waals surface area contributed by atoms with Crippen molar-refractivity contribution in [2.45, 2.75) is 113 Å². The number of aromatic nitrogens is 4. The molecule has 4 aromatic heterocycles. The summed E-state index contributed by atoms with van der Waals surface area (Å²) in [4.78, 5) is 38.0. The Hall–Kier alpha value is -2.33. The van der Waals surface area contributed by atoms with Gasteiger partial charge < -0.3 is 26.1 Å². The highest BCUT2D eigenvalue weighted by atomic mass is 32.1. The topological polar surface area (TPSA) is 150 Å². The number of nitrogens with zero attached hydrogens (tertiary/aromatic N) is 2. The predicted octanol–water partition coefficient (Wildman–Crippen LogP) is 7.34. The van der Waals surface area contributed by atoms with E-state index >= 15 is 0 Å². The summed E-state index contributed by atoms with van der Waals surface area (Å²) in [7, 11) is -1.77. The van der Waals surface area contributed by atoms with Crippen molar-refractivity contribution in [3.8, 4) is 0 Å². The van der Waals surface area contributed by atoms with Crippen molar-refractivity contribution in [2.24, 2.45) is 5.73 Å². The van der Waals surface area contributed by atoms with Gasteiger partial charge in [-0.3, -0.25) is 4.79 Å². The Kier molecular flexibility index (Phi) is 8.48. The van der Waals surface area contributed by atoms with Crippen LogP contribution >= 0.6 is 22.7 Å². The van der Waals surface area contributed by atoms with Gasteiger partial charge in [0.1, 0.15) is 22.7 Å². The number of rotatable bonds is 5. The summed E-state index contributed by atoms with van der Waals surface area (Å²) in [5, 5.41) is 14.3. The van der Waals surface area contributed by atoms with Crippen molar-refractivity contribution < 1.29 is 14.7 Å². The van der Waals surface area contributed by atoms with E-state index in [2.05, 4.69) is 51.4 Å². The molecular formula is C30H44N6O3S2Si2. The standard InChI is InChI=1S/C15H21N3OSSi.C9H8N2O2S.C6H15NSi/c1-21(2)6-5-10(8-21)16-14(19)11-7-12-13(17-11)18-15(20-12)9-3-4-9;12-9(13)5-3-6-7(10-5)11-8(14-6)4-1-2-4;1-8(2)4-3-6(7)5-8/h7,9-10,17H,3-6,8H2,1-2H3,(H,16,19);3-4,10H,1-2H2,(H,12,13);6H,3-5,7H2,1-2H3. The average Bonchev–Trinajstić information content (AvgIpc) is 3.67. The van der Waals surface area contributed by atoms with E-state index in [4.69, 9.17) is 10.8 Å². The van der Waals surface area contributed by atoms with Gasteiger partial charge in [-0.05, 0) is 62.7 Å². The summed E-state index contributed by atoms with van der Waals surface area (Å²) in [6, 6.07) is 9.88. The lowest BCUT2D eigenvalue weighted by atomic mass is 10.2. The van der Waals surface area contributed by atoms with E-state index < -0.39 is 22.1 Å². The van der Waals surface area contributed by atoms with E-state index in [1.165, 1.54) is 61.3 Å². The molecule has 0 bridgehead atoms. The Morgan fingerprint density at radius 3 is 1.74 bits per heavy atom. The zero-order valence-electron chi connectivity index (χ0n) is 25.6. The smallest absolute Gasteiger partial charge is 0.352 e. The quantitative estimate of drug-likeness (QED) is 0.142. The number of carbonyl (C=O) groups is 2. The number of carboxylic acids is 1. The highest BCUT2D eigenvalue weighted by Gasteiger charge is 2.34. The summed E-state index contributed by atoms with van der Waals surface area (Å²) in [6.45, 7) is 9.68. The van der Waals surface area contributed by atoms with Gasteiger partial charge in [-0.25, -0.2) is 14.8 Å². The number of nitrogens with two attached hydrogens (primary N) is 1. The molecule has 232 valence electrons. The molecule has 1 amide bonds. The van der Waals surface area contributed by atoms with E-state index in [9.17, 15) is 9.59 Å². The third kappa shape index (κ3) is 7.67. The zero-order valence-corrected chi connectivity index (χ0v) is 29.2. The average molecular weight is 657 g/mol. The lowest BCUT2D eigenvalue weighted by Crippen LogP contribution is -2.34. The van der Waals surface area contributed by atoms with Crippen LogP contribution < -0.4 is 11.1 Å². The molecule has 2 saturated carbocycles. The second-order valence-corrected chi connectivity index (χ2v) is 27.1. The number of H-pyrrole nitrogens is 2. The fraction of sp³-hybridized carbons (Fsp3) is 0.600. The van der Waals surface area contributed by atoms with Gasteiger partial charge in [-0.1, -0.05) is 38.3 Å². The third-order valence-corrected chi connectivity index (χ3v) is 17.9. The number of amides is 1. The molecule has 43 heavy (non-hydrogen) atoms. The summed E-state index contributed by atoms with van der Waals surface area (Å²) < 4.78 is 2.06. The van der Waals surface area contributed by atoms with Crippen LogP contribution in [0.3, 0.4) is 0 Å². The van der Waals surface area contributed by atoms with E-state index in [1.54, 1.807) is 28.7 Å². The van der Waals surface area contributed by atoms with Gasteiger partial charge in [0.2, 0.25) is 0 Å². The monoisotopic (exact) mass is 656 g/mol. The molecule has 2 atom stereocenters. The summed E-state index contributed by atoms with van der Waals surface area (Å²) >= 11 is 3.33. The van der Waals surface area contributed by atoms with Gasteiger partial charge in [0, 0.05) is 40.1 Å². The van der Waals surface area contributed by atoms with Crippen LogP contribution in [0.2, 0.25) is 50.4 Å². The first-order valence-corrected chi connectivity index (χ1v) is 24.1. The van der Waals surface area contributed by atoms with Crippen LogP contribution in [0.5, 0.6) is 0 Å². The first-order valence-electron chi connectivity index (χ1n) is 15.6. The minimum Gasteiger partial charge on any atom is -0.477 e. The maximum atomic E-state index is 12.4. The minimum atomic E-state index is -1.04. The molecule has 0 spiro atoms. The molecule has 2 aliphatic heterocycles. The van der Waals surface area contributed by atoms with Crippen molar-refractivity contribution in [1.82, 2.24) is 25.3 Å². The molecular weight excluding hydrogens is 613 g/mol. The number of nitrogens with one attached hydrogen (secondary N) is 3. The molecule has 13 heteroatoms. The highest BCUT2D eigenvalue weighted by Crippen LogP contribution is 2.44. The van der Waals surface area contributed by atoms with Crippen molar-refractivity contribution >= 4 is 71.4 Å². The molecule has 0 aromatic carbocycles. The lowest BCUT2D eigenvalue weighted by Gasteiger charge is -2.15. The minimum absolute atomic E-state index is 0.0323. The predicted molar refractivity (Wildman–Crippen MR) is 182 cm³/mol. The van der Waals surface area contributed by atoms with Gasteiger partial charge in [0.25, 0.3) is 5.91 Å². The first kappa shape index (κ1) is 30.7. The van der Waals surface area contributed by atoms with E-state index in [0.29, 0.717) is 35.3 Å². The molecule has 8 rings (SSSR count). The number of hydrogen-bond donors (Lipinski definition) is 5. The van der Waals surface area contributed by atoms with Crippen LogP contribution in [0.1, 0.15) is 81.4 Å². The normalized spacial score (nSPS) is 23.9. The van der Waals surface area contributed by atoms with Crippen molar-refractivity contribution in [2.75, 3.05) is 0 Å². The second-order valence-electron chi connectivity index (χ2n) is 14.5. The Balaban J connectivity index is 0.000000128. The Labute approximate surface area is 262 Å². The third-order valence-electron chi connectivity index (χ3n) is 9.04. The first-order chi connectivity index (χ1) is 20.3. The molecule has 9 nitrogen and oxygen atoms in total. The van der Waals surface area contributed by atoms with Gasteiger partial charge >= 0.3 is 5.97 Å². The van der Waals surface area contributed by atoms with Crippen LogP contribution in [0, 0.1) is 0 Å². The largest absolute Gasteiger partial charge is 0.477 e. The molecule has 2 saturated heterocycles. The van der Waals surface area contributed by atoms with Crippen molar-refractivity contribution in [3.05, 3.63) is 33.5 Å². The van der Waals surface area contributed by atoms with Crippen LogP contribution in [0.15, 0.2) is 12.1 Å². The van der Waals surface area contributed by atoms with E-state index in [1.807, 2.05) is 6.07 Å². The zero-order chi connectivity index (χ0) is 30.5. The molecule has 2 aliphatic carbocycles. The lowest BCUT2D eigenvalue weighted by molar-refractivity contribution is 0.0691. The molecule has 4 aromatic rings. The van der Waals surface area contributed by atoms with Crippen LogP contribution in [-0.4, -0.2) is 65.2 Å². The summed E-state index contributed by atoms with van der Waals surface area (Å²) in [6.07, 6.45) is 7.42. The number of fused-ring (bicyclic) bond motifs is 2. The number of thiazole rings is 2. The molecule has 0 radical (unpaired) electrons. The Bertz CT molecular complexity index is 1570. The molecule has 6 N–H and O–H groups in total. The summed E-state index contributed by atoms with van der Waals surface area (Å²) in [5.74, 6) is 0.417. The Morgan fingerprint density at radius 1 is 0.837 bits per heavy atom. The molecule has 6 heterocycles. The SMILES string of the molecule is C[Si]1(C)CCC(N)C1.C[Si]1(C)CCC(NC(=O)c2cc3sc(C4CC4)nc3[nH]2)C1.O=C(O)c1cc2sc(C3CC3)nc2[nH]1. The maximum Gasteiger partial charge on any atom is 0.352 e. The Morgan fingerprint density at radius 2 is 1.35 bits per heavy atom. The van der Waals surface area contributed by atoms with Gasteiger partial charge in [-0.2, -0.15) is 0 Å².